The molecule has 160 valence electrons. The Hall–Kier alpha value is -3.45. The fourth-order valence-electron chi connectivity index (χ4n) is 2.63. The predicted octanol–water partition coefficient (Wildman–Crippen LogP) is 4.43. The van der Waals surface area contributed by atoms with Gasteiger partial charge in [0.2, 0.25) is 0 Å². The van der Waals surface area contributed by atoms with Crippen LogP contribution in [0.1, 0.15) is 39.6 Å². The van der Waals surface area contributed by atoms with Gasteiger partial charge in [0, 0.05) is 22.2 Å². The van der Waals surface area contributed by atoms with E-state index < -0.39 is 23.8 Å². The number of hydrogen-bond acceptors (Lipinski definition) is 6. The highest BCUT2D eigenvalue weighted by Gasteiger charge is 2.33. The number of terminal acetylenes is 1. The number of aryl methyl sites for hydroxylation is 1. The first-order chi connectivity index (χ1) is 14.7. The number of carbonyl (C=O) groups is 1. The lowest BCUT2D eigenvalue weighted by Gasteiger charge is -2.15. The molecular formula is C21H17F3N4O2S. The van der Waals surface area contributed by atoms with Gasteiger partial charge < -0.3 is 10.1 Å². The van der Waals surface area contributed by atoms with Crippen molar-refractivity contribution in [1.82, 2.24) is 20.5 Å². The minimum atomic E-state index is -4.58. The maximum absolute atomic E-state index is 12.8. The molecule has 0 aliphatic carbocycles. The van der Waals surface area contributed by atoms with Crippen molar-refractivity contribution in [3.05, 3.63) is 58.4 Å². The highest BCUT2D eigenvalue weighted by atomic mass is 32.1. The van der Waals surface area contributed by atoms with Crippen molar-refractivity contribution in [3.8, 4) is 28.7 Å². The van der Waals surface area contributed by atoms with E-state index >= 15 is 0 Å². The van der Waals surface area contributed by atoms with Crippen LogP contribution in [0, 0.1) is 19.3 Å². The Morgan fingerprint density at radius 3 is 2.65 bits per heavy atom. The number of benzene rings is 1. The molecule has 2 heterocycles. The van der Waals surface area contributed by atoms with Crippen LogP contribution in [-0.2, 0) is 6.18 Å². The minimum Gasteiger partial charge on any atom is -0.481 e. The van der Waals surface area contributed by atoms with Crippen LogP contribution in [0.15, 0.2) is 36.5 Å². The number of thiazole rings is 1. The molecule has 0 aliphatic rings. The molecular weight excluding hydrogens is 429 g/mol. The SMILES string of the molecule is C#CCOc1cc(C(=O)N[C@H](C)c2ccc(C(F)(F)F)nn2)cc(-c2ncc(C)s2)c1. The molecule has 0 unspecified atom stereocenters. The number of nitrogens with one attached hydrogen (secondary N) is 1. The molecule has 0 bridgehead atoms. The van der Waals surface area contributed by atoms with Crippen LogP contribution in [0.25, 0.3) is 10.6 Å². The smallest absolute Gasteiger partial charge is 0.435 e. The fourth-order valence-corrected chi connectivity index (χ4v) is 3.38. The van der Waals surface area contributed by atoms with Crippen molar-refractivity contribution >= 4 is 17.2 Å². The van der Waals surface area contributed by atoms with E-state index in [4.69, 9.17) is 11.2 Å². The summed E-state index contributed by atoms with van der Waals surface area (Å²) in [5.74, 6) is 2.30. The second-order valence-corrected chi connectivity index (χ2v) is 7.79. The summed E-state index contributed by atoms with van der Waals surface area (Å²) in [4.78, 5) is 18.1. The Balaban J connectivity index is 1.83. The topological polar surface area (TPSA) is 77.0 Å². The fraction of sp³-hybridized carbons (Fsp3) is 0.238. The third-order valence-corrected chi connectivity index (χ3v) is 5.09. The Morgan fingerprint density at radius 1 is 1.29 bits per heavy atom. The highest BCUT2D eigenvalue weighted by Crippen LogP contribution is 2.30. The van der Waals surface area contributed by atoms with Gasteiger partial charge in [-0.25, -0.2) is 4.98 Å². The van der Waals surface area contributed by atoms with Gasteiger partial charge in [0.1, 0.15) is 17.4 Å². The van der Waals surface area contributed by atoms with Crippen LogP contribution in [0.5, 0.6) is 5.75 Å². The standard InChI is InChI=1S/C21H17F3N4O2S/c1-4-7-30-16-9-14(8-15(10-16)20-25-11-12(2)31-20)19(29)26-13(3)17-5-6-18(28-27-17)21(22,23)24/h1,5-6,8-11,13H,7H2,2-3H3,(H,26,29)/t13-/m1/s1. The number of hydrogen-bond donors (Lipinski definition) is 1. The first-order valence-electron chi connectivity index (χ1n) is 9.03. The van der Waals surface area contributed by atoms with Gasteiger partial charge in [-0.15, -0.1) is 22.9 Å². The molecule has 6 nitrogen and oxygen atoms in total. The summed E-state index contributed by atoms with van der Waals surface area (Å²) in [7, 11) is 0. The van der Waals surface area contributed by atoms with Gasteiger partial charge in [0.15, 0.2) is 5.69 Å². The second-order valence-electron chi connectivity index (χ2n) is 6.55. The molecule has 0 radical (unpaired) electrons. The summed E-state index contributed by atoms with van der Waals surface area (Å²) in [6, 6.07) is 6.24. The number of rotatable bonds is 6. The van der Waals surface area contributed by atoms with Crippen LogP contribution in [-0.4, -0.2) is 27.7 Å². The predicted molar refractivity (Wildman–Crippen MR) is 110 cm³/mol. The van der Waals surface area contributed by atoms with Crippen LogP contribution in [0.3, 0.4) is 0 Å². The van der Waals surface area contributed by atoms with Crippen LogP contribution >= 0.6 is 11.3 Å². The van der Waals surface area contributed by atoms with Gasteiger partial charge in [-0.05, 0) is 44.2 Å². The van der Waals surface area contributed by atoms with Crippen molar-refractivity contribution in [2.75, 3.05) is 6.61 Å². The summed E-state index contributed by atoms with van der Waals surface area (Å²) in [6.07, 6.45) is 2.39. The monoisotopic (exact) mass is 446 g/mol. The molecule has 0 saturated heterocycles. The zero-order chi connectivity index (χ0) is 22.6. The molecule has 10 heteroatoms. The lowest BCUT2D eigenvalue weighted by molar-refractivity contribution is -0.141. The second kappa shape index (κ2) is 9.14. The van der Waals surface area contributed by atoms with Crippen molar-refractivity contribution < 1.29 is 22.7 Å². The lowest BCUT2D eigenvalue weighted by Crippen LogP contribution is -2.27. The molecule has 0 aliphatic heterocycles. The summed E-state index contributed by atoms with van der Waals surface area (Å²) >= 11 is 1.46. The van der Waals surface area contributed by atoms with Gasteiger partial charge in [-0.2, -0.15) is 18.3 Å². The Kier molecular flexibility index (Phi) is 6.56. The molecule has 31 heavy (non-hydrogen) atoms. The zero-order valence-corrected chi connectivity index (χ0v) is 17.3. The van der Waals surface area contributed by atoms with Gasteiger partial charge in [-0.3, -0.25) is 4.79 Å². The van der Waals surface area contributed by atoms with Gasteiger partial charge in [-0.1, -0.05) is 5.92 Å². The molecule has 3 rings (SSSR count). The Labute approximate surface area is 180 Å². The molecule has 0 saturated carbocycles. The first kappa shape index (κ1) is 22.2. The highest BCUT2D eigenvalue weighted by molar-refractivity contribution is 7.14. The molecule has 0 fully saturated rings. The number of halogens is 3. The summed E-state index contributed by atoms with van der Waals surface area (Å²) < 4.78 is 43.5. The average molecular weight is 446 g/mol. The van der Waals surface area contributed by atoms with E-state index in [1.165, 1.54) is 23.5 Å². The van der Waals surface area contributed by atoms with Gasteiger partial charge in [0.05, 0.1) is 11.7 Å². The Morgan fingerprint density at radius 2 is 2.06 bits per heavy atom. The van der Waals surface area contributed by atoms with E-state index in [2.05, 4.69) is 26.4 Å². The van der Waals surface area contributed by atoms with Crippen molar-refractivity contribution in [2.24, 2.45) is 0 Å². The average Bonchev–Trinajstić information content (AvgIpc) is 3.17. The first-order valence-corrected chi connectivity index (χ1v) is 9.85. The van der Waals surface area contributed by atoms with Crippen LogP contribution in [0.2, 0.25) is 0 Å². The third kappa shape index (κ3) is 5.58. The summed E-state index contributed by atoms with van der Waals surface area (Å²) in [5, 5.41) is 10.2. The molecule has 1 aromatic carbocycles. The maximum atomic E-state index is 12.8. The van der Waals surface area contributed by atoms with Crippen LogP contribution < -0.4 is 10.1 Å². The van der Waals surface area contributed by atoms with Crippen molar-refractivity contribution in [1.29, 1.82) is 0 Å². The number of ether oxygens (including phenoxy) is 1. The van der Waals surface area contributed by atoms with E-state index in [9.17, 15) is 18.0 Å². The number of nitrogens with zero attached hydrogens (tertiary/aromatic N) is 3. The lowest BCUT2D eigenvalue weighted by atomic mass is 10.1. The van der Waals surface area contributed by atoms with Gasteiger partial charge in [0.25, 0.3) is 5.91 Å². The van der Waals surface area contributed by atoms with E-state index in [1.54, 1.807) is 25.3 Å². The van der Waals surface area contributed by atoms with E-state index in [1.807, 2.05) is 6.92 Å². The molecule has 1 amide bonds. The van der Waals surface area contributed by atoms with Crippen molar-refractivity contribution in [2.45, 2.75) is 26.1 Å². The summed E-state index contributed by atoms with van der Waals surface area (Å²) in [6.45, 7) is 3.54. The normalized spacial score (nSPS) is 12.1. The molecule has 0 spiro atoms. The Bertz CT molecular complexity index is 1120. The third-order valence-electron chi connectivity index (χ3n) is 4.13. The minimum absolute atomic E-state index is 0.0267. The molecule has 3 aromatic rings. The van der Waals surface area contributed by atoms with E-state index in [0.29, 0.717) is 16.3 Å². The van der Waals surface area contributed by atoms with Gasteiger partial charge >= 0.3 is 6.18 Å². The largest absolute Gasteiger partial charge is 0.481 e. The molecule has 1 N–H and O–H groups in total. The number of carbonyl (C=O) groups excluding carboxylic acids is 1. The molecule has 2 aromatic heterocycles. The van der Waals surface area contributed by atoms with Crippen LogP contribution in [0.4, 0.5) is 13.2 Å². The maximum Gasteiger partial charge on any atom is 0.435 e. The van der Waals surface area contributed by atoms with E-state index in [0.717, 1.165) is 10.9 Å². The number of aromatic nitrogens is 3. The van der Waals surface area contributed by atoms with E-state index in [-0.39, 0.29) is 17.9 Å². The number of amides is 1. The zero-order valence-electron chi connectivity index (χ0n) is 16.5. The quantitative estimate of drug-likeness (QED) is 0.567. The number of alkyl halides is 3. The summed E-state index contributed by atoms with van der Waals surface area (Å²) in [5.41, 5.74) is 0.0530. The molecule has 1 atom stereocenters. The van der Waals surface area contributed by atoms with Crippen molar-refractivity contribution in [3.63, 3.8) is 0 Å².